The van der Waals surface area contributed by atoms with Gasteiger partial charge in [-0.3, -0.25) is 0 Å². The summed E-state index contributed by atoms with van der Waals surface area (Å²) in [6.45, 7) is 0. The molecule has 224 valence electrons. The molecule has 0 saturated heterocycles. The third-order valence-corrected chi connectivity index (χ3v) is 8.81. The zero-order valence-electron chi connectivity index (χ0n) is 26.0. The molecule has 2 heterocycles. The van der Waals surface area contributed by atoms with Gasteiger partial charge in [0.2, 0.25) is 0 Å². The fourth-order valence-electron chi connectivity index (χ4n) is 6.53. The summed E-state index contributed by atoms with van der Waals surface area (Å²) in [5.41, 5.74) is 14.9. The van der Waals surface area contributed by atoms with Crippen LogP contribution in [-0.2, 0) is 12.8 Å². The van der Waals surface area contributed by atoms with Crippen molar-refractivity contribution >= 4 is 28.7 Å². The molecule has 0 bridgehead atoms. The molecule has 0 fully saturated rings. The minimum atomic E-state index is 0.746. The largest absolute Gasteiger partial charge is 0.309 e. The second-order valence-electron chi connectivity index (χ2n) is 11.9. The van der Waals surface area contributed by atoms with Gasteiger partial charge in [0, 0.05) is 22.4 Å². The minimum absolute atomic E-state index is 0.746. The van der Waals surface area contributed by atoms with Crippen LogP contribution < -0.4 is 4.90 Å². The summed E-state index contributed by atoms with van der Waals surface area (Å²) < 4.78 is 0. The van der Waals surface area contributed by atoms with Gasteiger partial charge in [-0.15, -0.1) is 10.2 Å². The third kappa shape index (κ3) is 5.87. The molecule has 0 saturated carbocycles. The van der Waals surface area contributed by atoms with E-state index >= 15 is 0 Å². The molecule has 1 aromatic heterocycles. The van der Waals surface area contributed by atoms with E-state index in [2.05, 4.69) is 162 Å². The van der Waals surface area contributed by atoms with Crippen molar-refractivity contribution in [2.75, 3.05) is 4.90 Å². The Bertz CT molecular complexity index is 2170. The van der Waals surface area contributed by atoms with Crippen LogP contribution in [-0.4, -0.2) is 10.2 Å². The zero-order valence-corrected chi connectivity index (χ0v) is 26.0. The van der Waals surface area contributed by atoms with E-state index in [0.29, 0.717) is 0 Å². The van der Waals surface area contributed by atoms with Crippen LogP contribution in [0.3, 0.4) is 0 Å². The Hall–Kier alpha value is -6.06. The molecule has 0 aliphatic carbocycles. The predicted octanol–water partition coefficient (Wildman–Crippen LogP) is 11.0. The summed E-state index contributed by atoms with van der Waals surface area (Å²) in [5.74, 6) is 0. The van der Waals surface area contributed by atoms with Gasteiger partial charge in [0.05, 0.1) is 22.8 Å². The highest BCUT2D eigenvalue weighted by atomic mass is 15.1. The molecule has 0 amide bonds. The highest BCUT2D eigenvalue weighted by molar-refractivity contribution is 5.98. The normalized spacial score (nSPS) is 12.1. The smallest absolute Gasteiger partial charge is 0.0965 e. The van der Waals surface area contributed by atoms with E-state index in [1.807, 2.05) is 24.3 Å². The first-order valence-electron chi connectivity index (χ1n) is 16.1. The van der Waals surface area contributed by atoms with Crippen molar-refractivity contribution in [3.8, 4) is 22.5 Å². The average molecular weight is 604 g/mol. The van der Waals surface area contributed by atoms with Crippen LogP contribution in [0.4, 0.5) is 17.1 Å². The summed E-state index contributed by atoms with van der Waals surface area (Å²) in [5, 5.41) is 9.37. The fraction of sp³-hybridized carbons (Fsp3) is 0.0455. The van der Waals surface area contributed by atoms with E-state index < -0.39 is 0 Å². The van der Waals surface area contributed by atoms with Gasteiger partial charge in [-0.2, -0.15) is 0 Å². The number of allylic oxidation sites excluding steroid dienone is 1. The van der Waals surface area contributed by atoms with E-state index in [4.69, 9.17) is 5.10 Å². The summed E-state index contributed by atoms with van der Waals surface area (Å²) in [6.07, 6.45) is 3.98. The molecule has 6 aromatic carbocycles. The van der Waals surface area contributed by atoms with E-state index in [0.717, 1.165) is 46.6 Å². The van der Waals surface area contributed by atoms with E-state index in [1.54, 1.807) is 0 Å². The Labute approximate surface area is 276 Å². The maximum Gasteiger partial charge on any atom is 0.0965 e. The van der Waals surface area contributed by atoms with E-state index in [-0.39, 0.29) is 0 Å². The van der Waals surface area contributed by atoms with Crippen LogP contribution in [0.25, 0.3) is 34.2 Å². The number of hydrogen-bond acceptors (Lipinski definition) is 3. The Balaban J connectivity index is 1.17. The summed E-state index contributed by atoms with van der Waals surface area (Å²) in [7, 11) is 0. The molecule has 47 heavy (non-hydrogen) atoms. The third-order valence-electron chi connectivity index (χ3n) is 8.81. The molecule has 3 nitrogen and oxygen atoms in total. The molecule has 7 aromatic rings. The van der Waals surface area contributed by atoms with Crippen molar-refractivity contribution < 1.29 is 0 Å². The van der Waals surface area contributed by atoms with Crippen molar-refractivity contribution in [3.05, 3.63) is 198 Å². The van der Waals surface area contributed by atoms with Crippen LogP contribution in [0.2, 0.25) is 0 Å². The lowest BCUT2D eigenvalue weighted by Crippen LogP contribution is -2.12. The Morgan fingerprint density at radius 2 is 1.06 bits per heavy atom. The van der Waals surface area contributed by atoms with Gasteiger partial charge >= 0.3 is 0 Å². The summed E-state index contributed by atoms with van der Waals surface area (Å²) >= 11 is 0. The predicted molar refractivity (Wildman–Crippen MR) is 195 cm³/mol. The molecule has 8 rings (SSSR count). The lowest BCUT2D eigenvalue weighted by molar-refractivity contribution is 1.01. The van der Waals surface area contributed by atoms with Gasteiger partial charge in [-0.1, -0.05) is 140 Å². The van der Waals surface area contributed by atoms with Gasteiger partial charge in [-0.25, -0.2) is 0 Å². The Morgan fingerprint density at radius 1 is 0.468 bits per heavy atom. The van der Waals surface area contributed by atoms with Gasteiger partial charge in [0.1, 0.15) is 0 Å². The maximum atomic E-state index is 4.75. The van der Waals surface area contributed by atoms with Crippen LogP contribution in [0.5, 0.6) is 0 Å². The molecule has 0 N–H and O–H groups in total. The molecule has 0 spiro atoms. The van der Waals surface area contributed by atoms with Crippen molar-refractivity contribution in [2.45, 2.75) is 12.8 Å². The van der Waals surface area contributed by atoms with Crippen molar-refractivity contribution in [3.63, 3.8) is 0 Å². The molecule has 0 atom stereocenters. The maximum absolute atomic E-state index is 4.75. The lowest BCUT2D eigenvalue weighted by atomic mass is 9.95. The van der Waals surface area contributed by atoms with Crippen LogP contribution in [0.1, 0.15) is 27.8 Å². The second kappa shape index (κ2) is 12.7. The number of benzene rings is 6. The highest BCUT2D eigenvalue weighted by Gasteiger charge is 2.23. The second-order valence-corrected chi connectivity index (χ2v) is 11.9. The minimum Gasteiger partial charge on any atom is -0.309 e. The van der Waals surface area contributed by atoms with Gasteiger partial charge < -0.3 is 4.90 Å². The molecule has 1 aliphatic rings. The van der Waals surface area contributed by atoms with Crippen molar-refractivity contribution in [1.29, 1.82) is 0 Å². The van der Waals surface area contributed by atoms with E-state index in [9.17, 15) is 0 Å². The summed E-state index contributed by atoms with van der Waals surface area (Å²) in [6, 6.07) is 60.0. The molecular formula is C44H33N3. The number of para-hydroxylation sites is 2. The van der Waals surface area contributed by atoms with Crippen LogP contribution in [0.15, 0.2) is 170 Å². The molecule has 0 unspecified atom stereocenters. The zero-order chi connectivity index (χ0) is 31.4. The highest BCUT2D eigenvalue weighted by Crippen LogP contribution is 2.45. The lowest BCUT2D eigenvalue weighted by Gasteiger charge is -2.27. The monoisotopic (exact) mass is 603 g/mol. The first-order valence-corrected chi connectivity index (χ1v) is 16.1. The standard InChI is InChI=1S/C44H33N3/c1-4-14-32(15-5-1)28-37-30-36-20-10-12-22-42(36)47(43-23-13-11-21-40(37)43)39-26-24-33(25-27-39)29-38-31-41(34-16-6-2-7-17-34)45-46-44(38)35-18-8-3-9-19-35/h1-27,30-31H,28-29H2. The first kappa shape index (κ1) is 28.4. The summed E-state index contributed by atoms with van der Waals surface area (Å²) in [4.78, 5) is 2.40. The molecule has 0 radical (unpaired) electrons. The Kier molecular flexibility index (Phi) is 7.70. The molecule has 1 aliphatic heterocycles. The van der Waals surface area contributed by atoms with Crippen molar-refractivity contribution in [2.24, 2.45) is 0 Å². The molecule has 3 heteroatoms. The number of anilines is 3. The van der Waals surface area contributed by atoms with Gasteiger partial charge in [-0.05, 0) is 77.1 Å². The number of nitrogens with zero attached hydrogens (tertiary/aromatic N) is 3. The quantitative estimate of drug-likeness (QED) is 0.181. The van der Waals surface area contributed by atoms with E-state index in [1.165, 1.54) is 39.2 Å². The first-order chi connectivity index (χ1) is 23.3. The SMILES string of the molecule is C1=C(Cc2ccccc2)c2ccccc2N(c2ccc(Cc3cc(-c4ccccc4)nnc3-c3ccccc3)cc2)c2ccccc21. The Morgan fingerprint density at radius 3 is 1.81 bits per heavy atom. The molecular weight excluding hydrogens is 571 g/mol. The number of fused-ring (bicyclic) bond motifs is 2. The van der Waals surface area contributed by atoms with Gasteiger partial charge in [0.25, 0.3) is 0 Å². The van der Waals surface area contributed by atoms with Gasteiger partial charge in [0.15, 0.2) is 0 Å². The van der Waals surface area contributed by atoms with Crippen LogP contribution in [0, 0.1) is 0 Å². The number of aromatic nitrogens is 2. The average Bonchev–Trinajstić information content (AvgIpc) is 3.27. The van der Waals surface area contributed by atoms with Crippen molar-refractivity contribution in [1.82, 2.24) is 10.2 Å². The fourth-order valence-corrected chi connectivity index (χ4v) is 6.53. The number of hydrogen-bond donors (Lipinski definition) is 0. The van der Waals surface area contributed by atoms with Crippen LogP contribution >= 0.6 is 0 Å². The topological polar surface area (TPSA) is 29.0 Å². The number of rotatable bonds is 7.